The van der Waals surface area contributed by atoms with Crippen molar-refractivity contribution in [1.29, 1.82) is 0 Å². The van der Waals surface area contributed by atoms with Crippen molar-refractivity contribution in [3.63, 3.8) is 0 Å². The van der Waals surface area contributed by atoms with Gasteiger partial charge in [-0.3, -0.25) is 0 Å². The van der Waals surface area contributed by atoms with Crippen LogP contribution >= 0.6 is 0 Å². The Morgan fingerprint density at radius 3 is 3.00 bits per heavy atom. The molecule has 0 aliphatic carbocycles. The smallest absolute Gasteiger partial charge is 0.0826 e. The van der Waals surface area contributed by atoms with Crippen LogP contribution in [0.3, 0.4) is 0 Å². The standard InChI is InChI=1S/C12H26N2O3/c1-14-5-7-17-12(11-14)10-13-4-3-6-16-9-8-15-2/h12-13H,3-11H2,1-2H3. The SMILES string of the molecule is COCCOCCCNCC1CN(C)CCO1. The van der Waals surface area contributed by atoms with Crippen molar-refractivity contribution in [1.82, 2.24) is 10.2 Å². The summed E-state index contributed by atoms with van der Waals surface area (Å²) in [5.74, 6) is 0. The fraction of sp³-hybridized carbons (Fsp3) is 1.00. The fourth-order valence-electron chi connectivity index (χ4n) is 1.80. The largest absolute Gasteiger partial charge is 0.382 e. The minimum atomic E-state index is 0.336. The lowest BCUT2D eigenvalue weighted by atomic mass is 10.3. The minimum absolute atomic E-state index is 0.336. The van der Waals surface area contributed by atoms with Crippen LogP contribution in [-0.4, -0.2) is 77.8 Å². The van der Waals surface area contributed by atoms with E-state index in [9.17, 15) is 0 Å². The molecule has 0 amide bonds. The van der Waals surface area contributed by atoms with E-state index in [1.807, 2.05) is 0 Å². The molecule has 5 heteroatoms. The van der Waals surface area contributed by atoms with Crippen molar-refractivity contribution < 1.29 is 14.2 Å². The molecule has 102 valence electrons. The Hall–Kier alpha value is -0.200. The van der Waals surface area contributed by atoms with Crippen LogP contribution in [0.1, 0.15) is 6.42 Å². The van der Waals surface area contributed by atoms with Gasteiger partial charge >= 0.3 is 0 Å². The molecule has 0 aromatic carbocycles. The zero-order valence-electron chi connectivity index (χ0n) is 11.1. The summed E-state index contributed by atoms with van der Waals surface area (Å²) in [7, 11) is 3.82. The van der Waals surface area contributed by atoms with Gasteiger partial charge in [0.25, 0.3) is 0 Å². The second-order valence-corrected chi connectivity index (χ2v) is 4.42. The van der Waals surface area contributed by atoms with Crippen LogP contribution in [0, 0.1) is 0 Å². The van der Waals surface area contributed by atoms with Gasteiger partial charge < -0.3 is 24.4 Å². The third-order valence-electron chi connectivity index (χ3n) is 2.79. The number of ether oxygens (including phenoxy) is 3. The summed E-state index contributed by atoms with van der Waals surface area (Å²) in [6, 6.07) is 0. The lowest BCUT2D eigenvalue weighted by Crippen LogP contribution is -2.45. The lowest BCUT2D eigenvalue weighted by molar-refractivity contribution is -0.0182. The molecule has 1 rings (SSSR count). The molecule has 0 radical (unpaired) electrons. The Morgan fingerprint density at radius 2 is 2.24 bits per heavy atom. The number of methoxy groups -OCH3 is 1. The highest BCUT2D eigenvalue weighted by Gasteiger charge is 2.16. The van der Waals surface area contributed by atoms with E-state index in [-0.39, 0.29) is 0 Å². The Bertz CT molecular complexity index is 181. The summed E-state index contributed by atoms with van der Waals surface area (Å²) in [6.07, 6.45) is 1.37. The summed E-state index contributed by atoms with van der Waals surface area (Å²) in [5, 5.41) is 3.40. The van der Waals surface area contributed by atoms with Crippen LogP contribution in [0.4, 0.5) is 0 Å². The van der Waals surface area contributed by atoms with E-state index < -0.39 is 0 Å². The van der Waals surface area contributed by atoms with Gasteiger partial charge in [0.15, 0.2) is 0 Å². The van der Waals surface area contributed by atoms with E-state index in [4.69, 9.17) is 14.2 Å². The van der Waals surface area contributed by atoms with Crippen LogP contribution in [0.5, 0.6) is 0 Å². The lowest BCUT2D eigenvalue weighted by Gasteiger charge is -2.30. The molecule has 0 aromatic heterocycles. The van der Waals surface area contributed by atoms with Gasteiger partial charge in [-0.1, -0.05) is 0 Å². The quantitative estimate of drug-likeness (QED) is 0.578. The third kappa shape index (κ3) is 7.68. The number of hydrogen-bond acceptors (Lipinski definition) is 5. The Labute approximate surface area is 104 Å². The molecule has 1 aliphatic heterocycles. The second kappa shape index (κ2) is 9.79. The molecule has 1 saturated heterocycles. The van der Waals surface area contributed by atoms with Crippen molar-refractivity contribution in [2.75, 3.05) is 66.8 Å². The molecule has 1 fully saturated rings. The van der Waals surface area contributed by atoms with Gasteiger partial charge in [0.05, 0.1) is 25.9 Å². The Kier molecular flexibility index (Phi) is 8.56. The van der Waals surface area contributed by atoms with E-state index in [2.05, 4.69) is 17.3 Å². The number of likely N-dealkylation sites (N-methyl/N-ethyl adjacent to an activating group) is 1. The van der Waals surface area contributed by atoms with Crippen LogP contribution in [0.15, 0.2) is 0 Å². The van der Waals surface area contributed by atoms with Crippen LogP contribution in [-0.2, 0) is 14.2 Å². The van der Waals surface area contributed by atoms with E-state index in [0.29, 0.717) is 19.3 Å². The van der Waals surface area contributed by atoms with Gasteiger partial charge in [0, 0.05) is 33.4 Å². The molecule has 1 N–H and O–H groups in total. The van der Waals surface area contributed by atoms with Crippen LogP contribution < -0.4 is 5.32 Å². The van der Waals surface area contributed by atoms with E-state index in [1.165, 1.54) is 0 Å². The highest BCUT2D eigenvalue weighted by Crippen LogP contribution is 2.01. The van der Waals surface area contributed by atoms with E-state index in [1.54, 1.807) is 7.11 Å². The molecule has 0 bridgehead atoms. The Balaban J connectivity index is 1.83. The van der Waals surface area contributed by atoms with Crippen molar-refractivity contribution in [2.24, 2.45) is 0 Å². The summed E-state index contributed by atoms with van der Waals surface area (Å²) in [6.45, 7) is 6.99. The number of hydrogen-bond donors (Lipinski definition) is 1. The zero-order chi connectivity index (χ0) is 12.3. The van der Waals surface area contributed by atoms with Crippen molar-refractivity contribution in [3.8, 4) is 0 Å². The van der Waals surface area contributed by atoms with Gasteiger partial charge in [-0.15, -0.1) is 0 Å². The molecular formula is C12H26N2O3. The first kappa shape index (κ1) is 14.9. The van der Waals surface area contributed by atoms with Crippen LogP contribution in [0.2, 0.25) is 0 Å². The van der Waals surface area contributed by atoms with E-state index in [0.717, 1.165) is 45.8 Å². The number of nitrogens with zero attached hydrogens (tertiary/aromatic N) is 1. The maximum absolute atomic E-state index is 5.66. The van der Waals surface area contributed by atoms with Gasteiger partial charge in [-0.2, -0.15) is 0 Å². The number of rotatable bonds is 9. The topological polar surface area (TPSA) is 43.0 Å². The van der Waals surface area contributed by atoms with Gasteiger partial charge in [0.1, 0.15) is 0 Å². The van der Waals surface area contributed by atoms with Crippen molar-refractivity contribution in [2.45, 2.75) is 12.5 Å². The molecule has 1 heterocycles. The maximum Gasteiger partial charge on any atom is 0.0826 e. The highest BCUT2D eigenvalue weighted by atomic mass is 16.5. The maximum atomic E-state index is 5.66. The fourth-order valence-corrected chi connectivity index (χ4v) is 1.80. The average Bonchev–Trinajstić information content (AvgIpc) is 2.33. The number of nitrogens with one attached hydrogen (secondary N) is 1. The first-order valence-electron chi connectivity index (χ1n) is 6.40. The summed E-state index contributed by atoms with van der Waals surface area (Å²) in [5.41, 5.74) is 0. The van der Waals surface area contributed by atoms with Crippen molar-refractivity contribution in [3.05, 3.63) is 0 Å². The average molecular weight is 246 g/mol. The summed E-state index contributed by atoms with van der Waals surface area (Å²) in [4.78, 5) is 2.31. The first-order chi connectivity index (χ1) is 8.33. The molecule has 0 saturated carbocycles. The predicted molar refractivity (Wildman–Crippen MR) is 67.4 cm³/mol. The highest BCUT2D eigenvalue weighted by molar-refractivity contribution is 4.70. The van der Waals surface area contributed by atoms with E-state index >= 15 is 0 Å². The van der Waals surface area contributed by atoms with Gasteiger partial charge in [-0.25, -0.2) is 0 Å². The third-order valence-corrected chi connectivity index (χ3v) is 2.79. The number of morpholine rings is 1. The molecule has 17 heavy (non-hydrogen) atoms. The monoisotopic (exact) mass is 246 g/mol. The summed E-state index contributed by atoms with van der Waals surface area (Å²) >= 11 is 0. The van der Waals surface area contributed by atoms with Crippen molar-refractivity contribution >= 4 is 0 Å². The van der Waals surface area contributed by atoms with Gasteiger partial charge in [0.2, 0.25) is 0 Å². The Morgan fingerprint density at radius 1 is 1.35 bits per heavy atom. The molecule has 1 atom stereocenters. The molecule has 1 aliphatic rings. The first-order valence-corrected chi connectivity index (χ1v) is 6.40. The molecule has 0 spiro atoms. The molecule has 5 nitrogen and oxygen atoms in total. The van der Waals surface area contributed by atoms with Crippen LogP contribution in [0.25, 0.3) is 0 Å². The molecular weight excluding hydrogens is 220 g/mol. The zero-order valence-corrected chi connectivity index (χ0v) is 11.1. The minimum Gasteiger partial charge on any atom is -0.382 e. The normalized spacial score (nSPS) is 21.9. The summed E-state index contributed by atoms with van der Waals surface area (Å²) < 4.78 is 15.9. The second-order valence-electron chi connectivity index (χ2n) is 4.42. The molecule has 1 unspecified atom stereocenters. The van der Waals surface area contributed by atoms with Gasteiger partial charge in [-0.05, 0) is 20.0 Å². The molecule has 0 aromatic rings. The predicted octanol–water partition coefficient (Wildman–Crippen LogP) is -0.0403.